The molecule has 2 atom stereocenters. The van der Waals surface area contributed by atoms with E-state index in [2.05, 4.69) is 274 Å². The number of rotatable bonds is 6. The lowest BCUT2D eigenvalue weighted by Gasteiger charge is -2.57. The molecule has 17 rings (SSSR count). The Labute approximate surface area is 430 Å². The summed E-state index contributed by atoms with van der Waals surface area (Å²) < 4.78 is 16.2. The maximum atomic E-state index is 8.10. The van der Waals surface area contributed by atoms with Gasteiger partial charge in [-0.25, -0.2) is 0 Å². The van der Waals surface area contributed by atoms with Gasteiger partial charge in [0.25, 0.3) is 0 Å². The number of nitrogens with zero attached hydrogens (tertiary/aromatic N) is 4. The largest absolute Gasteiger partial charge is 0.455 e. The molecular formula is C66H42N4O2Si2. The van der Waals surface area contributed by atoms with Crippen LogP contribution in [0.4, 0.5) is 68.2 Å². The van der Waals surface area contributed by atoms with Crippen LogP contribution >= 0.6 is 0 Å². The van der Waals surface area contributed by atoms with E-state index < -0.39 is 16.1 Å². The molecule has 11 aromatic carbocycles. The van der Waals surface area contributed by atoms with Crippen LogP contribution < -0.4 is 70.6 Å². The van der Waals surface area contributed by atoms with Crippen molar-refractivity contribution >= 4 is 126 Å². The second-order valence-electron chi connectivity index (χ2n) is 19.9. The third-order valence-corrected chi connectivity index (χ3v) is 26.3. The van der Waals surface area contributed by atoms with Crippen molar-refractivity contribution in [1.82, 2.24) is 0 Å². The minimum absolute atomic E-state index is 0.891. The van der Waals surface area contributed by atoms with E-state index >= 15 is 0 Å². The smallest absolute Gasteiger partial charge is 0.198 e. The second-order valence-corrected chi connectivity index (χ2v) is 27.0. The van der Waals surface area contributed by atoms with Gasteiger partial charge in [0.15, 0.2) is 27.6 Å². The Morgan fingerprint density at radius 1 is 0.230 bits per heavy atom. The number of hydrogen-bond donors (Lipinski definition) is 0. The summed E-state index contributed by atoms with van der Waals surface area (Å²) in [4.78, 5) is 10.1. The Bertz CT molecular complexity index is 3900. The molecule has 0 spiro atoms. The Hall–Kier alpha value is -9.35. The van der Waals surface area contributed by atoms with Gasteiger partial charge in [-0.15, -0.1) is 0 Å². The monoisotopic (exact) mass is 978 g/mol. The van der Waals surface area contributed by atoms with Gasteiger partial charge in [-0.1, -0.05) is 158 Å². The number of hydrogen-bond acceptors (Lipinski definition) is 6. The van der Waals surface area contributed by atoms with Crippen LogP contribution in [0.3, 0.4) is 0 Å². The SMILES string of the molecule is c1ccc(N2c3cccc4c3[Si]3(c5ccccc5)c5c2cccc5N(c2ccccc2)c2c5c6c(c(c23)O4)N(c2ccccc2)c2cccc3c2[Si]6(c2ccccc2)c2c(cccc2N3c2ccccc2)O5)cc1. The molecule has 6 aliphatic rings. The molecule has 0 radical (unpaired) electrons. The van der Waals surface area contributed by atoms with Crippen LogP contribution in [0, 0.1) is 0 Å². The van der Waals surface area contributed by atoms with Gasteiger partial charge in [0.1, 0.15) is 11.5 Å². The minimum Gasteiger partial charge on any atom is -0.455 e. The lowest BCUT2D eigenvalue weighted by Crippen LogP contribution is -2.83. The van der Waals surface area contributed by atoms with E-state index in [4.69, 9.17) is 9.47 Å². The number of para-hydroxylation sites is 4. The predicted molar refractivity (Wildman–Crippen MR) is 307 cm³/mol. The molecule has 0 N–H and O–H groups in total. The third kappa shape index (κ3) is 4.80. The molecule has 74 heavy (non-hydrogen) atoms. The van der Waals surface area contributed by atoms with Gasteiger partial charge in [0, 0.05) is 76.6 Å². The van der Waals surface area contributed by atoms with Crippen LogP contribution in [0.15, 0.2) is 255 Å². The van der Waals surface area contributed by atoms with Crippen LogP contribution in [0.1, 0.15) is 0 Å². The Kier molecular flexibility index (Phi) is 7.97. The molecule has 346 valence electrons. The quantitative estimate of drug-likeness (QED) is 0.154. The van der Waals surface area contributed by atoms with Crippen molar-refractivity contribution in [1.29, 1.82) is 0 Å². The summed E-state index contributed by atoms with van der Waals surface area (Å²) >= 11 is 0. The van der Waals surface area contributed by atoms with E-state index in [0.29, 0.717) is 0 Å². The summed E-state index contributed by atoms with van der Waals surface area (Å²) in [5, 5.41) is 10.2. The number of ether oxygens (including phenoxy) is 2. The van der Waals surface area contributed by atoms with Crippen molar-refractivity contribution < 1.29 is 9.47 Å². The Balaban J connectivity index is 1.13. The van der Waals surface area contributed by atoms with Crippen molar-refractivity contribution in [2.75, 3.05) is 19.6 Å². The van der Waals surface area contributed by atoms with Gasteiger partial charge in [-0.05, 0) is 107 Å². The van der Waals surface area contributed by atoms with Crippen molar-refractivity contribution in [2.24, 2.45) is 0 Å². The zero-order valence-corrected chi connectivity index (χ0v) is 41.9. The molecule has 0 aliphatic carbocycles. The zero-order chi connectivity index (χ0) is 48.3. The van der Waals surface area contributed by atoms with Crippen LogP contribution in [0.25, 0.3) is 0 Å². The molecule has 6 nitrogen and oxygen atoms in total. The second kappa shape index (κ2) is 14.6. The minimum atomic E-state index is -3.46. The molecule has 8 heteroatoms. The van der Waals surface area contributed by atoms with Gasteiger partial charge in [0.2, 0.25) is 0 Å². The van der Waals surface area contributed by atoms with Crippen molar-refractivity contribution in [3.63, 3.8) is 0 Å². The molecule has 0 fully saturated rings. The first-order chi connectivity index (χ1) is 36.8. The Morgan fingerprint density at radius 2 is 0.500 bits per heavy atom. The van der Waals surface area contributed by atoms with E-state index in [1.807, 2.05) is 0 Å². The number of benzene rings is 11. The first kappa shape index (κ1) is 40.3. The third-order valence-electron chi connectivity index (χ3n) is 16.4. The maximum absolute atomic E-state index is 8.10. The highest BCUT2D eigenvalue weighted by Crippen LogP contribution is 2.60. The molecule has 0 saturated carbocycles. The van der Waals surface area contributed by atoms with E-state index in [9.17, 15) is 0 Å². The molecule has 0 amide bonds. The van der Waals surface area contributed by atoms with Gasteiger partial charge in [-0.3, -0.25) is 0 Å². The fourth-order valence-electron chi connectivity index (χ4n) is 14.0. The van der Waals surface area contributed by atoms with Gasteiger partial charge in [0.05, 0.1) is 22.7 Å². The topological polar surface area (TPSA) is 31.4 Å². The summed E-state index contributed by atoms with van der Waals surface area (Å²) in [6.07, 6.45) is 0. The molecule has 2 unspecified atom stereocenters. The first-order valence-corrected chi connectivity index (χ1v) is 29.4. The fraction of sp³-hybridized carbons (Fsp3) is 0. The standard InChI is InChI=1S/C66H42N4O2Si2/c1-7-23-43(24-8-1)67-49-35-19-37-51-61(49)73(47-31-15-5-16-32-47)63-53(67)39-21-41-55(63)71-59-58-66-60(57(65(59)73)69(51)45-27-11-3-12-28-45)72-56-42-22-40-54-64(56)74(66,48-33-17-6-18-34-48)62-50(68(54)44-25-9-2-10-26-44)36-20-38-52(62)70(58)46-29-13-4-14-30-46/h1-42H. The van der Waals surface area contributed by atoms with Crippen LogP contribution in [0.2, 0.25) is 0 Å². The van der Waals surface area contributed by atoms with E-state index in [-0.39, 0.29) is 0 Å². The summed E-state index contributed by atoms with van der Waals surface area (Å²) in [6, 6.07) is 94.0. The number of anilines is 12. The highest BCUT2D eigenvalue weighted by Gasteiger charge is 2.66. The summed E-state index contributed by atoms with van der Waals surface area (Å²) in [5.74, 6) is 3.57. The lowest BCUT2D eigenvalue weighted by molar-refractivity contribution is 0.476. The molecule has 0 bridgehead atoms. The highest BCUT2D eigenvalue weighted by molar-refractivity contribution is 7.26. The van der Waals surface area contributed by atoms with Crippen LogP contribution in [-0.4, -0.2) is 16.1 Å². The van der Waals surface area contributed by atoms with Crippen molar-refractivity contribution in [3.8, 4) is 23.0 Å². The average Bonchev–Trinajstić information content (AvgIpc) is 3.64. The van der Waals surface area contributed by atoms with Crippen LogP contribution in [-0.2, 0) is 0 Å². The van der Waals surface area contributed by atoms with Crippen molar-refractivity contribution in [2.45, 2.75) is 0 Å². The van der Waals surface area contributed by atoms with E-state index in [1.165, 1.54) is 52.9 Å². The summed E-state index contributed by atoms with van der Waals surface area (Å²) in [5.41, 5.74) is 13.3. The molecule has 6 heterocycles. The van der Waals surface area contributed by atoms with Crippen molar-refractivity contribution in [3.05, 3.63) is 255 Å². The fourth-order valence-corrected chi connectivity index (χ4v) is 25.3. The summed E-state index contributed by atoms with van der Waals surface area (Å²) in [7, 11) is -6.93. The van der Waals surface area contributed by atoms with E-state index in [1.54, 1.807) is 0 Å². The first-order valence-electron chi connectivity index (χ1n) is 25.4. The predicted octanol–water partition coefficient (Wildman–Crippen LogP) is 11.8. The normalized spacial score (nSPS) is 17.9. The lowest BCUT2D eigenvalue weighted by atomic mass is 10.0. The van der Waals surface area contributed by atoms with Gasteiger partial charge < -0.3 is 29.1 Å². The molecule has 11 aromatic rings. The molecule has 0 aromatic heterocycles. The van der Waals surface area contributed by atoms with E-state index in [0.717, 1.165) is 79.9 Å². The number of fused-ring (bicyclic) bond motifs is 2. The van der Waals surface area contributed by atoms with Gasteiger partial charge in [-0.2, -0.15) is 0 Å². The van der Waals surface area contributed by atoms with Gasteiger partial charge >= 0.3 is 0 Å². The Morgan fingerprint density at radius 3 is 0.838 bits per heavy atom. The molecule has 0 saturated heterocycles. The average molecular weight is 979 g/mol. The maximum Gasteiger partial charge on any atom is 0.198 e. The highest BCUT2D eigenvalue weighted by atomic mass is 28.3. The van der Waals surface area contributed by atoms with Crippen LogP contribution in [0.5, 0.6) is 23.0 Å². The summed E-state index contributed by atoms with van der Waals surface area (Å²) in [6.45, 7) is 0. The molecular weight excluding hydrogens is 937 g/mol. The molecule has 6 aliphatic heterocycles. The zero-order valence-electron chi connectivity index (χ0n) is 39.9.